The summed E-state index contributed by atoms with van der Waals surface area (Å²) in [6.07, 6.45) is 2.94. The number of aryl methyl sites for hydroxylation is 1. The maximum atomic E-state index is 3.04. The van der Waals surface area contributed by atoms with Gasteiger partial charge in [-0.1, -0.05) is 12.1 Å². The quantitative estimate of drug-likeness (QED) is 0.563. The first-order chi connectivity index (χ1) is 4.86. The van der Waals surface area contributed by atoms with Crippen molar-refractivity contribution >= 4 is 10.9 Å². The highest BCUT2D eigenvalue weighted by Crippen LogP contribution is 2.12. The largest absolute Gasteiger partial charge is 0.353 e. The van der Waals surface area contributed by atoms with E-state index in [-0.39, 0.29) is 0 Å². The van der Waals surface area contributed by atoms with Gasteiger partial charge in [0.15, 0.2) is 0 Å². The van der Waals surface area contributed by atoms with E-state index in [1.807, 2.05) is 6.07 Å². The van der Waals surface area contributed by atoms with Crippen LogP contribution < -0.4 is 0 Å². The third-order valence-electron chi connectivity index (χ3n) is 1.64. The Morgan fingerprint density at radius 2 is 2.30 bits per heavy atom. The average molecular weight is 130 g/mol. The predicted molar refractivity (Wildman–Crippen MR) is 41.9 cm³/mol. The lowest BCUT2D eigenvalue weighted by Crippen LogP contribution is -1.70. The summed E-state index contributed by atoms with van der Waals surface area (Å²) < 4.78 is 0. The number of hydrogen-bond donors (Lipinski definition) is 1. The molecule has 0 atom stereocenters. The molecule has 1 aromatic heterocycles. The van der Waals surface area contributed by atoms with Gasteiger partial charge in [-0.2, -0.15) is 0 Å². The topological polar surface area (TPSA) is 15.8 Å². The van der Waals surface area contributed by atoms with Gasteiger partial charge in [0.05, 0.1) is 6.20 Å². The first-order valence-corrected chi connectivity index (χ1v) is 3.32. The number of nitrogens with one attached hydrogen (secondary N) is 1. The van der Waals surface area contributed by atoms with Crippen LogP contribution in [0.5, 0.6) is 0 Å². The molecule has 0 aliphatic heterocycles. The highest BCUT2D eigenvalue weighted by atomic mass is 14.7. The smallest absolute Gasteiger partial charge is 0.0630 e. The Morgan fingerprint density at radius 1 is 1.40 bits per heavy atom. The van der Waals surface area contributed by atoms with Gasteiger partial charge < -0.3 is 4.98 Å². The Bertz CT molecular complexity index is 346. The maximum Gasteiger partial charge on any atom is 0.0630 e. The average Bonchev–Trinajstić information content (AvgIpc) is 2.33. The highest BCUT2D eigenvalue weighted by Gasteiger charge is 1.91. The van der Waals surface area contributed by atoms with Crippen molar-refractivity contribution in [3.8, 4) is 0 Å². The summed E-state index contributed by atoms with van der Waals surface area (Å²) in [7, 11) is 0. The number of fused-ring (bicyclic) bond motifs is 1. The summed E-state index contributed by atoms with van der Waals surface area (Å²) in [6, 6.07) is 8.27. The Morgan fingerprint density at radius 3 is 3.20 bits per heavy atom. The molecule has 0 spiro atoms. The normalized spacial score (nSPS) is 10.5. The van der Waals surface area contributed by atoms with Gasteiger partial charge in [0, 0.05) is 10.9 Å². The van der Waals surface area contributed by atoms with Crippen LogP contribution in [0, 0.1) is 13.1 Å². The summed E-state index contributed by atoms with van der Waals surface area (Å²) in [5.74, 6) is 0. The summed E-state index contributed by atoms with van der Waals surface area (Å²) >= 11 is 0. The van der Waals surface area contributed by atoms with Crippen LogP contribution in [0.25, 0.3) is 10.9 Å². The fourth-order valence-corrected chi connectivity index (χ4v) is 1.10. The van der Waals surface area contributed by atoms with Gasteiger partial charge in [-0.15, -0.1) is 0 Å². The maximum absolute atomic E-state index is 3.04. The highest BCUT2D eigenvalue weighted by molar-refractivity contribution is 5.79. The van der Waals surface area contributed by atoms with Gasteiger partial charge in [-0.05, 0) is 24.6 Å². The molecule has 1 aromatic carbocycles. The van der Waals surface area contributed by atoms with E-state index < -0.39 is 0 Å². The minimum Gasteiger partial charge on any atom is -0.353 e. The van der Waals surface area contributed by atoms with Gasteiger partial charge in [-0.25, -0.2) is 0 Å². The van der Waals surface area contributed by atoms with Crippen molar-refractivity contribution in [2.75, 3.05) is 0 Å². The molecule has 0 fully saturated rings. The Kier molecular flexibility index (Phi) is 1.04. The van der Waals surface area contributed by atoms with Crippen molar-refractivity contribution in [1.82, 2.24) is 4.98 Å². The fraction of sp³-hybridized carbons (Fsp3) is 0.111. The predicted octanol–water partition coefficient (Wildman–Crippen LogP) is 2.28. The van der Waals surface area contributed by atoms with Crippen LogP contribution in [-0.2, 0) is 0 Å². The number of aromatic nitrogens is 1. The van der Waals surface area contributed by atoms with Crippen molar-refractivity contribution in [1.29, 1.82) is 0 Å². The van der Waals surface area contributed by atoms with E-state index in [2.05, 4.69) is 36.3 Å². The molecule has 1 heterocycles. The second-order valence-electron chi connectivity index (χ2n) is 2.50. The van der Waals surface area contributed by atoms with E-state index in [4.69, 9.17) is 0 Å². The van der Waals surface area contributed by atoms with Crippen LogP contribution in [0.3, 0.4) is 0 Å². The fourth-order valence-electron chi connectivity index (χ4n) is 1.10. The second-order valence-corrected chi connectivity index (χ2v) is 2.50. The molecule has 1 heteroatoms. The lowest BCUT2D eigenvalue weighted by Gasteiger charge is -1.90. The molecular weight excluding hydrogens is 122 g/mol. The number of rotatable bonds is 0. The zero-order valence-corrected chi connectivity index (χ0v) is 5.81. The van der Waals surface area contributed by atoms with E-state index in [1.54, 1.807) is 0 Å². The summed E-state index contributed by atoms with van der Waals surface area (Å²) in [5.41, 5.74) is 2.45. The Balaban J connectivity index is 2.86. The molecule has 0 bridgehead atoms. The van der Waals surface area contributed by atoms with E-state index >= 15 is 0 Å². The summed E-state index contributed by atoms with van der Waals surface area (Å²) in [4.78, 5) is 3.04. The number of benzene rings is 1. The Hall–Kier alpha value is -1.24. The number of H-pyrrole nitrogens is 1. The van der Waals surface area contributed by atoms with Gasteiger partial charge in [0.1, 0.15) is 0 Å². The molecule has 0 aliphatic carbocycles. The molecule has 0 unspecified atom stereocenters. The first-order valence-electron chi connectivity index (χ1n) is 3.32. The molecule has 1 nitrogen and oxygen atoms in total. The van der Waals surface area contributed by atoms with E-state index in [9.17, 15) is 0 Å². The molecule has 10 heavy (non-hydrogen) atoms. The third kappa shape index (κ3) is 0.711. The van der Waals surface area contributed by atoms with Gasteiger partial charge in [0.25, 0.3) is 0 Å². The molecule has 1 radical (unpaired) electrons. The zero-order chi connectivity index (χ0) is 6.97. The van der Waals surface area contributed by atoms with Gasteiger partial charge in [0.2, 0.25) is 0 Å². The number of aromatic amines is 1. The van der Waals surface area contributed by atoms with Crippen molar-refractivity contribution in [3.05, 3.63) is 36.0 Å². The van der Waals surface area contributed by atoms with E-state index in [0.717, 1.165) is 0 Å². The first kappa shape index (κ1) is 5.54. The van der Waals surface area contributed by atoms with E-state index in [0.29, 0.717) is 0 Å². The minimum absolute atomic E-state index is 1.17. The third-order valence-corrected chi connectivity index (χ3v) is 1.64. The molecule has 0 saturated carbocycles. The summed E-state index contributed by atoms with van der Waals surface area (Å²) in [5, 5.41) is 1.23. The molecule has 0 saturated heterocycles. The monoisotopic (exact) mass is 130 g/mol. The zero-order valence-electron chi connectivity index (χ0n) is 5.81. The van der Waals surface area contributed by atoms with Crippen molar-refractivity contribution in [2.24, 2.45) is 0 Å². The lowest BCUT2D eigenvalue weighted by atomic mass is 10.2. The van der Waals surface area contributed by atoms with Crippen molar-refractivity contribution in [2.45, 2.75) is 6.92 Å². The molecule has 2 rings (SSSR count). The van der Waals surface area contributed by atoms with Crippen LogP contribution in [-0.4, -0.2) is 4.98 Å². The van der Waals surface area contributed by atoms with Crippen LogP contribution >= 0.6 is 0 Å². The van der Waals surface area contributed by atoms with Crippen LogP contribution in [0.2, 0.25) is 0 Å². The standard InChI is InChI=1S/C9H8N/c1-7-2-3-8-4-5-10-9(8)6-7/h2-4,6,10H,1H3. The molecule has 0 aliphatic rings. The van der Waals surface area contributed by atoms with Crippen LogP contribution in [0.15, 0.2) is 24.3 Å². The minimum atomic E-state index is 1.17. The Labute approximate surface area is 59.7 Å². The van der Waals surface area contributed by atoms with Gasteiger partial charge in [-0.3, -0.25) is 0 Å². The summed E-state index contributed by atoms with van der Waals surface area (Å²) in [6.45, 7) is 2.08. The van der Waals surface area contributed by atoms with Crippen molar-refractivity contribution < 1.29 is 0 Å². The second kappa shape index (κ2) is 1.87. The number of hydrogen-bond acceptors (Lipinski definition) is 0. The molecular formula is C9H8N. The van der Waals surface area contributed by atoms with Crippen LogP contribution in [0.4, 0.5) is 0 Å². The molecule has 49 valence electrons. The van der Waals surface area contributed by atoms with Crippen LogP contribution in [0.1, 0.15) is 5.56 Å². The SMILES string of the molecule is Cc1ccc2c[c][nH]c2c1. The molecule has 0 amide bonds. The molecule has 2 aromatic rings. The van der Waals surface area contributed by atoms with Crippen molar-refractivity contribution in [3.63, 3.8) is 0 Å². The molecule has 1 N–H and O–H groups in total. The van der Waals surface area contributed by atoms with E-state index in [1.165, 1.54) is 16.5 Å². The lowest BCUT2D eigenvalue weighted by molar-refractivity contribution is 1.43. The van der Waals surface area contributed by atoms with Gasteiger partial charge >= 0.3 is 0 Å².